The minimum Gasteiger partial charge on any atom is -0.458 e. The van der Waals surface area contributed by atoms with Crippen LogP contribution in [0.1, 0.15) is 36.8 Å². The van der Waals surface area contributed by atoms with E-state index in [1.165, 1.54) is 33.3 Å². The van der Waals surface area contributed by atoms with Gasteiger partial charge >= 0.3 is 5.97 Å². The Morgan fingerprint density at radius 1 is 1.23 bits per heavy atom. The molecule has 0 fully saturated rings. The summed E-state index contributed by atoms with van der Waals surface area (Å²) in [4.78, 5) is 48.1. The molecule has 1 atom stereocenters. The third kappa shape index (κ3) is 3.71. The van der Waals surface area contributed by atoms with Crippen molar-refractivity contribution in [3.63, 3.8) is 0 Å². The molecule has 2 aliphatic heterocycles. The lowest BCUT2D eigenvalue weighted by Gasteiger charge is -2.23. The van der Waals surface area contributed by atoms with Gasteiger partial charge in [-0.15, -0.1) is 11.3 Å². The fourth-order valence-electron chi connectivity index (χ4n) is 4.51. The van der Waals surface area contributed by atoms with Crippen LogP contribution in [0.3, 0.4) is 0 Å². The third-order valence-electron chi connectivity index (χ3n) is 5.96. The van der Waals surface area contributed by atoms with E-state index in [2.05, 4.69) is 11.6 Å². The van der Waals surface area contributed by atoms with E-state index < -0.39 is 12.0 Å². The summed E-state index contributed by atoms with van der Waals surface area (Å²) in [5.74, 6) is -0.730. The number of rotatable bonds is 6. The fourth-order valence-corrected chi connectivity index (χ4v) is 6.47. The van der Waals surface area contributed by atoms with Crippen LogP contribution in [0.4, 0.5) is 5.69 Å². The lowest BCUT2D eigenvalue weighted by Crippen LogP contribution is -2.40. The van der Waals surface area contributed by atoms with Crippen molar-refractivity contribution < 1.29 is 14.3 Å². The molecule has 2 aromatic heterocycles. The first kappa shape index (κ1) is 23.2. The normalized spacial score (nSPS) is 18.3. The number of ether oxygens (including phenoxy) is 1. The first-order chi connectivity index (χ1) is 17.0. The topological polar surface area (TPSA) is 81.0 Å². The van der Waals surface area contributed by atoms with Crippen LogP contribution in [0.25, 0.3) is 5.57 Å². The molecule has 5 rings (SSSR count). The molecule has 7 nitrogen and oxygen atoms in total. The van der Waals surface area contributed by atoms with Crippen LogP contribution >= 0.6 is 22.7 Å². The number of nitrogens with zero attached hydrogens (tertiary/aromatic N) is 3. The van der Waals surface area contributed by atoms with Gasteiger partial charge in [0.2, 0.25) is 0 Å². The van der Waals surface area contributed by atoms with E-state index >= 15 is 0 Å². The molecule has 9 heteroatoms. The Hall–Kier alpha value is -3.56. The van der Waals surface area contributed by atoms with E-state index in [1.54, 1.807) is 11.8 Å². The number of hydrogen-bond donors (Lipinski definition) is 0. The minimum absolute atomic E-state index is 0.0554. The molecule has 35 heavy (non-hydrogen) atoms. The van der Waals surface area contributed by atoms with Gasteiger partial charge in [-0.05, 0) is 30.9 Å². The van der Waals surface area contributed by atoms with Crippen molar-refractivity contribution in [2.45, 2.75) is 26.3 Å². The van der Waals surface area contributed by atoms with Crippen molar-refractivity contribution in [3.05, 3.63) is 95.8 Å². The van der Waals surface area contributed by atoms with Gasteiger partial charge < -0.3 is 9.64 Å². The molecule has 2 aliphatic rings. The quantitative estimate of drug-likeness (QED) is 0.381. The highest BCUT2D eigenvalue weighted by atomic mass is 32.1. The Balaban J connectivity index is 1.78. The number of anilines is 1. The number of aromatic nitrogens is 1. The number of hydrogen-bond acceptors (Lipinski definition) is 7. The number of carbonyl (C=O) groups excluding carboxylic acids is 2. The van der Waals surface area contributed by atoms with Gasteiger partial charge in [-0.25, -0.2) is 9.79 Å². The molecule has 4 heterocycles. The molecule has 1 unspecified atom stereocenters. The van der Waals surface area contributed by atoms with E-state index in [9.17, 15) is 14.4 Å². The maximum absolute atomic E-state index is 14.0. The van der Waals surface area contributed by atoms with E-state index in [-0.39, 0.29) is 18.1 Å². The first-order valence-electron chi connectivity index (χ1n) is 11.3. The summed E-state index contributed by atoms with van der Waals surface area (Å²) in [6.07, 6.45) is 2.29. The number of thiazole rings is 1. The second kappa shape index (κ2) is 9.24. The molecule has 0 saturated carbocycles. The highest BCUT2D eigenvalue weighted by Crippen LogP contribution is 2.36. The number of fused-ring (bicyclic) bond motifs is 2. The van der Waals surface area contributed by atoms with Gasteiger partial charge in [-0.2, -0.15) is 0 Å². The zero-order valence-electron chi connectivity index (χ0n) is 19.3. The zero-order valence-corrected chi connectivity index (χ0v) is 20.9. The molecule has 0 bridgehead atoms. The van der Waals surface area contributed by atoms with E-state index in [4.69, 9.17) is 4.74 Å². The molecule has 0 saturated heterocycles. The average Bonchev–Trinajstić information content (AvgIpc) is 3.55. The number of benzene rings is 1. The molecule has 0 aliphatic carbocycles. The maximum atomic E-state index is 14.0. The average molecular weight is 506 g/mol. The predicted molar refractivity (Wildman–Crippen MR) is 137 cm³/mol. The number of amides is 1. The monoisotopic (exact) mass is 505 g/mol. The van der Waals surface area contributed by atoms with Crippen LogP contribution in [0.15, 0.2) is 75.5 Å². The van der Waals surface area contributed by atoms with Crippen LogP contribution < -0.4 is 19.8 Å². The highest BCUT2D eigenvalue weighted by Gasteiger charge is 2.37. The largest absolute Gasteiger partial charge is 0.458 e. The van der Waals surface area contributed by atoms with Crippen LogP contribution in [0.2, 0.25) is 0 Å². The lowest BCUT2D eigenvalue weighted by atomic mass is 10.0. The van der Waals surface area contributed by atoms with Crippen LogP contribution in [0.5, 0.6) is 0 Å². The Labute approximate surface area is 209 Å². The molecule has 0 spiro atoms. The van der Waals surface area contributed by atoms with Gasteiger partial charge in [0.25, 0.3) is 11.5 Å². The van der Waals surface area contributed by atoms with Crippen molar-refractivity contribution in [1.29, 1.82) is 0 Å². The van der Waals surface area contributed by atoms with Crippen molar-refractivity contribution >= 4 is 45.8 Å². The Morgan fingerprint density at radius 3 is 2.74 bits per heavy atom. The first-order valence-corrected chi connectivity index (χ1v) is 12.9. The van der Waals surface area contributed by atoms with Gasteiger partial charge in [0.15, 0.2) is 4.80 Å². The maximum Gasteiger partial charge on any atom is 0.338 e. The van der Waals surface area contributed by atoms with Crippen molar-refractivity contribution in [2.75, 3.05) is 18.1 Å². The standard InChI is InChI=1S/C26H23N3O4S2/c1-4-12-28-17-10-7-6-9-16(17)20(23(28)30)22-24(31)29-21(18-11-8-14-34-18)19(25(32)33-13-5-2)15(3)27-26(29)35-22/h5-11,14,21H,2,4,12-13H2,1,3H3/b22-20-. The van der Waals surface area contributed by atoms with E-state index in [0.29, 0.717) is 32.7 Å². The van der Waals surface area contributed by atoms with Gasteiger partial charge in [-0.3, -0.25) is 14.2 Å². The minimum atomic E-state index is -0.684. The Morgan fingerprint density at radius 2 is 2.03 bits per heavy atom. The second-order valence-electron chi connectivity index (χ2n) is 8.15. The second-order valence-corrected chi connectivity index (χ2v) is 10.1. The van der Waals surface area contributed by atoms with E-state index in [0.717, 1.165) is 22.5 Å². The number of thiophene rings is 1. The van der Waals surface area contributed by atoms with E-state index in [1.807, 2.05) is 48.7 Å². The summed E-state index contributed by atoms with van der Waals surface area (Å²) in [6, 6.07) is 10.6. The van der Waals surface area contributed by atoms with Gasteiger partial charge in [0.05, 0.1) is 22.5 Å². The van der Waals surface area contributed by atoms with Crippen LogP contribution in [-0.2, 0) is 14.3 Å². The molecule has 1 amide bonds. The Kier molecular flexibility index (Phi) is 6.12. The number of allylic oxidation sites excluding steroid dienone is 1. The SMILES string of the molecule is C=CCOC(=O)C1=C(C)N=c2s/c(=C3\C(=O)N(CCC)c4ccccc43)c(=O)n2C1c1cccs1. The third-order valence-corrected chi connectivity index (χ3v) is 7.94. The molecular weight excluding hydrogens is 482 g/mol. The summed E-state index contributed by atoms with van der Waals surface area (Å²) < 4.78 is 7.20. The van der Waals surface area contributed by atoms with Gasteiger partial charge in [0.1, 0.15) is 17.2 Å². The lowest BCUT2D eigenvalue weighted by molar-refractivity contribution is -0.138. The number of para-hydroxylation sites is 1. The molecular formula is C26H23N3O4S2. The summed E-state index contributed by atoms with van der Waals surface area (Å²) in [5.41, 5.74) is 2.39. The molecule has 178 valence electrons. The fraction of sp³-hybridized carbons (Fsp3) is 0.231. The van der Waals surface area contributed by atoms with Crippen LogP contribution in [-0.4, -0.2) is 29.6 Å². The molecule has 0 N–H and O–H groups in total. The summed E-state index contributed by atoms with van der Waals surface area (Å²) in [6.45, 7) is 7.97. The Bertz CT molecular complexity index is 1560. The predicted octanol–water partition coefficient (Wildman–Crippen LogP) is 3.15. The van der Waals surface area contributed by atoms with Crippen molar-refractivity contribution in [1.82, 2.24) is 4.57 Å². The zero-order chi connectivity index (χ0) is 24.7. The summed E-state index contributed by atoms with van der Waals surface area (Å²) >= 11 is 2.63. The molecule has 3 aromatic rings. The molecule has 0 radical (unpaired) electrons. The highest BCUT2D eigenvalue weighted by molar-refractivity contribution is 7.10. The summed E-state index contributed by atoms with van der Waals surface area (Å²) in [5, 5.41) is 1.90. The number of esters is 1. The molecule has 1 aromatic carbocycles. The van der Waals surface area contributed by atoms with Gasteiger partial charge in [-0.1, -0.05) is 55.2 Å². The van der Waals surface area contributed by atoms with Crippen molar-refractivity contribution in [3.8, 4) is 0 Å². The van der Waals surface area contributed by atoms with Crippen molar-refractivity contribution in [2.24, 2.45) is 4.99 Å². The summed E-state index contributed by atoms with van der Waals surface area (Å²) in [7, 11) is 0. The number of carbonyl (C=O) groups is 2. The van der Waals surface area contributed by atoms with Crippen LogP contribution in [0, 0.1) is 0 Å². The van der Waals surface area contributed by atoms with Gasteiger partial charge in [0, 0.05) is 17.0 Å². The smallest absolute Gasteiger partial charge is 0.338 e.